The first kappa shape index (κ1) is 40.8. The van der Waals surface area contributed by atoms with Crippen molar-refractivity contribution in [3.05, 3.63) is 54.1 Å². The van der Waals surface area contributed by atoms with Crippen molar-refractivity contribution in [3.8, 4) is 17.0 Å². The van der Waals surface area contributed by atoms with Gasteiger partial charge in [0, 0.05) is 29.3 Å². The number of ether oxygens (including phenoxy) is 2. The zero-order valence-electron chi connectivity index (χ0n) is 26.7. The number of aliphatic hydroxyl groups is 2. The van der Waals surface area contributed by atoms with Gasteiger partial charge in [0.2, 0.25) is 0 Å². The van der Waals surface area contributed by atoms with Gasteiger partial charge in [-0.2, -0.15) is 0 Å². The molecule has 6 nitrogen and oxygen atoms in total. The number of H-pyrrole nitrogens is 1. The van der Waals surface area contributed by atoms with Gasteiger partial charge in [-0.1, -0.05) is 69.2 Å². The van der Waals surface area contributed by atoms with Crippen LogP contribution in [0.1, 0.15) is 86.5 Å². The van der Waals surface area contributed by atoms with E-state index in [0.717, 1.165) is 46.9 Å². The fourth-order valence-electron chi connectivity index (χ4n) is 2.62. The molecule has 0 atom stereocenters. The number of carbonyl (C=O) groups is 1. The van der Waals surface area contributed by atoms with Crippen LogP contribution in [0.3, 0.4) is 0 Å². The van der Waals surface area contributed by atoms with Crippen LogP contribution in [0.4, 0.5) is 0 Å². The number of aliphatic hydroxyl groups excluding tert-OH is 2. The van der Waals surface area contributed by atoms with Crippen LogP contribution in [0, 0.1) is 11.8 Å². The molecule has 0 aliphatic rings. The Balaban J connectivity index is -0.000000788. The highest BCUT2D eigenvalue weighted by atomic mass is 16.5. The van der Waals surface area contributed by atoms with Crippen molar-refractivity contribution in [2.24, 2.45) is 11.8 Å². The Kier molecular flexibility index (Phi) is 28.2. The first-order valence-corrected chi connectivity index (χ1v) is 14.3. The Labute approximate surface area is 238 Å². The van der Waals surface area contributed by atoms with E-state index in [1.807, 2.05) is 90.1 Å². The highest BCUT2D eigenvalue weighted by Crippen LogP contribution is 2.26. The van der Waals surface area contributed by atoms with Crippen LogP contribution >= 0.6 is 0 Å². The lowest BCUT2D eigenvalue weighted by atomic mass is 10.0. The minimum absolute atomic E-state index is 0.0209. The van der Waals surface area contributed by atoms with Crippen molar-refractivity contribution >= 4 is 16.7 Å². The van der Waals surface area contributed by atoms with E-state index in [-0.39, 0.29) is 12.4 Å². The largest absolute Gasteiger partial charge is 0.491 e. The highest BCUT2D eigenvalue weighted by molar-refractivity contribution is 5.98. The molecule has 0 fully saturated rings. The third-order valence-electron chi connectivity index (χ3n) is 5.26. The summed E-state index contributed by atoms with van der Waals surface area (Å²) in [6.45, 7) is 23.8. The number of aromatic nitrogens is 1. The summed E-state index contributed by atoms with van der Waals surface area (Å²) in [5.74, 6) is 2.54. The summed E-state index contributed by atoms with van der Waals surface area (Å²) in [5, 5.41) is 16.6. The van der Waals surface area contributed by atoms with Crippen molar-refractivity contribution in [3.63, 3.8) is 0 Å². The molecule has 1 heterocycles. The number of rotatable bonds is 9. The molecule has 3 N–H and O–H groups in total. The second-order valence-electron chi connectivity index (χ2n) is 8.24. The van der Waals surface area contributed by atoms with E-state index in [2.05, 4.69) is 32.7 Å². The Morgan fingerprint density at radius 3 is 1.79 bits per heavy atom. The normalized spacial score (nSPS) is 9.33. The standard InChI is InChI=1S/C20H21NO4.C6H14.3C2H6.CH4O/c1-14(23)16-4-7-19-17(12-16)13-20(21-19)15-2-5-18(6-3-15)25-11-10-24-9-8-22;1-5(2)6(3)4;4*1-2/h2-7,12-13,21-22H,8-11H2,1H3;5-6H,1-4H3;3*1-2H3;2H,1H3. The molecule has 6 heteroatoms. The molecule has 0 aliphatic carbocycles. The van der Waals surface area contributed by atoms with Crippen molar-refractivity contribution < 1.29 is 24.5 Å². The van der Waals surface area contributed by atoms with Crippen LogP contribution in [-0.4, -0.2) is 54.5 Å². The first-order chi connectivity index (χ1) is 18.8. The molecular formula is C33H57NO5. The van der Waals surface area contributed by atoms with Gasteiger partial charge in [-0.25, -0.2) is 0 Å². The molecule has 0 spiro atoms. The molecule has 0 amide bonds. The summed E-state index contributed by atoms with van der Waals surface area (Å²) >= 11 is 0. The second-order valence-corrected chi connectivity index (χ2v) is 8.24. The van der Waals surface area contributed by atoms with Crippen molar-refractivity contribution in [2.45, 2.75) is 76.2 Å². The van der Waals surface area contributed by atoms with Gasteiger partial charge in [0.25, 0.3) is 0 Å². The zero-order valence-corrected chi connectivity index (χ0v) is 26.7. The van der Waals surface area contributed by atoms with Crippen LogP contribution in [0.15, 0.2) is 48.5 Å². The monoisotopic (exact) mass is 547 g/mol. The summed E-state index contributed by atoms with van der Waals surface area (Å²) < 4.78 is 10.7. The van der Waals surface area contributed by atoms with E-state index < -0.39 is 0 Å². The Hall–Kier alpha value is -2.67. The van der Waals surface area contributed by atoms with Crippen molar-refractivity contribution in [1.82, 2.24) is 4.98 Å². The van der Waals surface area contributed by atoms with E-state index in [0.29, 0.717) is 25.4 Å². The number of ketones is 1. The van der Waals surface area contributed by atoms with Crippen LogP contribution in [0.2, 0.25) is 0 Å². The Bertz CT molecular complexity index is 940. The topological polar surface area (TPSA) is 91.8 Å². The predicted molar refractivity (Wildman–Crippen MR) is 169 cm³/mol. The number of hydrogen-bond acceptors (Lipinski definition) is 5. The molecule has 0 unspecified atom stereocenters. The number of aromatic amines is 1. The molecule has 2 aromatic carbocycles. The Morgan fingerprint density at radius 1 is 0.795 bits per heavy atom. The molecule has 1 aromatic heterocycles. The molecule has 0 radical (unpaired) electrons. The van der Waals surface area contributed by atoms with Crippen LogP contribution in [0.5, 0.6) is 5.75 Å². The predicted octanol–water partition coefficient (Wildman–Crippen LogP) is 8.41. The molecule has 0 saturated heterocycles. The summed E-state index contributed by atoms with van der Waals surface area (Å²) in [6, 6.07) is 15.5. The molecule has 0 bridgehead atoms. The molecule has 0 saturated carbocycles. The fraction of sp³-hybridized carbons (Fsp3) is 0.545. The smallest absolute Gasteiger partial charge is 0.159 e. The van der Waals surface area contributed by atoms with Crippen molar-refractivity contribution in [1.29, 1.82) is 0 Å². The maximum Gasteiger partial charge on any atom is 0.159 e. The van der Waals surface area contributed by atoms with E-state index in [9.17, 15) is 4.79 Å². The second kappa shape index (κ2) is 26.9. The zero-order chi connectivity index (χ0) is 30.8. The molecule has 3 aromatic rings. The van der Waals surface area contributed by atoms with Gasteiger partial charge in [-0.3, -0.25) is 4.79 Å². The maximum atomic E-state index is 11.5. The lowest BCUT2D eigenvalue weighted by molar-refractivity contribution is 0.0705. The van der Waals surface area contributed by atoms with Gasteiger partial charge in [0.15, 0.2) is 5.78 Å². The van der Waals surface area contributed by atoms with Gasteiger partial charge >= 0.3 is 0 Å². The number of fused-ring (bicyclic) bond motifs is 1. The van der Waals surface area contributed by atoms with Crippen LogP contribution in [-0.2, 0) is 4.74 Å². The quantitative estimate of drug-likeness (QED) is 0.185. The first-order valence-electron chi connectivity index (χ1n) is 14.3. The molecule has 224 valence electrons. The van der Waals surface area contributed by atoms with Gasteiger partial charge in [0.1, 0.15) is 12.4 Å². The molecule has 39 heavy (non-hydrogen) atoms. The SMILES string of the molecule is CC.CC.CC.CC(=O)c1ccc2[nH]c(-c3ccc(OCCOCCO)cc3)cc2c1.CC(C)C(C)C.CO. The number of hydrogen-bond donors (Lipinski definition) is 3. The summed E-state index contributed by atoms with van der Waals surface area (Å²) in [5.41, 5.74) is 3.75. The van der Waals surface area contributed by atoms with Gasteiger partial charge < -0.3 is 24.7 Å². The number of Topliss-reactive ketones (excluding diaryl/α,β-unsaturated/α-hetero) is 1. The number of benzene rings is 2. The van der Waals surface area contributed by atoms with Gasteiger partial charge in [-0.15, -0.1) is 0 Å². The van der Waals surface area contributed by atoms with Crippen LogP contribution in [0.25, 0.3) is 22.2 Å². The molecule has 0 aliphatic heterocycles. The number of nitrogens with one attached hydrogen (secondary N) is 1. The highest BCUT2D eigenvalue weighted by Gasteiger charge is 2.06. The lowest BCUT2D eigenvalue weighted by Gasteiger charge is -2.07. The van der Waals surface area contributed by atoms with E-state index >= 15 is 0 Å². The van der Waals surface area contributed by atoms with E-state index in [1.165, 1.54) is 0 Å². The average Bonchev–Trinajstić information content (AvgIpc) is 3.41. The third kappa shape index (κ3) is 17.5. The van der Waals surface area contributed by atoms with Gasteiger partial charge in [-0.05, 0) is 72.9 Å². The van der Waals surface area contributed by atoms with E-state index in [4.69, 9.17) is 19.7 Å². The number of carbonyl (C=O) groups excluding carboxylic acids is 1. The average molecular weight is 548 g/mol. The summed E-state index contributed by atoms with van der Waals surface area (Å²) in [4.78, 5) is 14.9. The third-order valence-corrected chi connectivity index (χ3v) is 5.26. The minimum atomic E-state index is 0.0209. The molecule has 3 rings (SSSR count). The summed E-state index contributed by atoms with van der Waals surface area (Å²) in [6.07, 6.45) is 0. The van der Waals surface area contributed by atoms with E-state index in [1.54, 1.807) is 6.92 Å². The summed E-state index contributed by atoms with van der Waals surface area (Å²) in [7, 11) is 1.00. The van der Waals surface area contributed by atoms with Crippen LogP contribution < -0.4 is 4.74 Å². The van der Waals surface area contributed by atoms with Crippen molar-refractivity contribution in [2.75, 3.05) is 33.5 Å². The Morgan fingerprint density at radius 2 is 1.33 bits per heavy atom. The molecular weight excluding hydrogens is 490 g/mol. The maximum absolute atomic E-state index is 11.5. The minimum Gasteiger partial charge on any atom is -0.491 e. The fourth-order valence-corrected chi connectivity index (χ4v) is 2.62. The lowest BCUT2D eigenvalue weighted by Crippen LogP contribution is -2.08. The van der Waals surface area contributed by atoms with Gasteiger partial charge in [0.05, 0.1) is 19.8 Å².